The van der Waals surface area contributed by atoms with Crippen molar-refractivity contribution < 1.29 is 4.79 Å². The first-order chi connectivity index (χ1) is 6.08. The minimum absolute atomic E-state index is 0.102. The average Bonchev–Trinajstić information content (AvgIpc) is 2.53. The van der Waals surface area contributed by atoms with Crippen LogP contribution >= 0.6 is 0 Å². The van der Waals surface area contributed by atoms with Crippen molar-refractivity contribution in [2.75, 3.05) is 6.54 Å². The van der Waals surface area contributed by atoms with E-state index in [1.54, 1.807) is 0 Å². The van der Waals surface area contributed by atoms with Crippen molar-refractivity contribution in [3.8, 4) is 0 Å². The van der Waals surface area contributed by atoms with Crippen LogP contribution in [-0.4, -0.2) is 18.5 Å². The van der Waals surface area contributed by atoms with Gasteiger partial charge in [0.15, 0.2) is 0 Å². The van der Waals surface area contributed by atoms with Crippen molar-refractivity contribution >= 4 is 5.91 Å². The zero-order chi connectivity index (χ0) is 9.90. The van der Waals surface area contributed by atoms with Gasteiger partial charge in [-0.3, -0.25) is 4.79 Å². The maximum absolute atomic E-state index is 11.8. The quantitative estimate of drug-likeness (QED) is 0.688. The minimum atomic E-state index is -0.122. The summed E-state index contributed by atoms with van der Waals surface area (Å²) >= 11 is 0. The molecule has 0 aromatic carbocycles. The lowest BCUT2D eigenvalue weighted by Crippen LogP contribution is -2.44. The zero-order valence-electron chi connectivity index (χ0n) is 8.60. The number of hydrogen-bond acceptors (Lipinski definition) is 2. The molecule has 1 aliphatic rings. The molecule has 0 heterocycles. The highest BCUT2D eigenvalue weighted by molar-refractivity contribution is 5.82. The summed E-state index contributed by atoms with van der Waals surface area (Å²) in [7, 11) is 0. The van der Waals surface area contributed by atoms with E-state index in [1.807, 2.05) is 6.92 Å². The SMILES string of the molecule is C[C@@H](CN)NC(=O)C1(C)CCCC1. The van der Waals surface area contributed by atoms with Gasteiger partial charge >= 0.3 is 0 Å². The first kappa shape index (κ1) is 10.5. The average molecular weight is 184 g/mol. The van der Waals surface area contributed by atoms with E-state index in [1.165, 1.54) is 12.8 Å². The highest BCUT2D eigenvalue weighted by atomic mass is 16.2. The second-order valence-electron chi connectivity index (χ2n) is 4.38. The summed E-state index contributed by atoms with van der Waals surface area (Å²) in [6.07, 6.45) is 4.41. The van der Waals surface area contributed by atoms with E-state index < -0.39 is 0 Å². The van der Waals surface area contributed by atoms with E-state index in [-0.39, 0.29) is 17.4 Å². The van der Waals surface area contributed by atoms with E-state index in [4.69, 9.17) is 5.73 Å². The van der Waals surface area contributed by atoms with E-state index in [0.717, 1.165) is 12.8 Å². The summed E-state index contributed by atoms with van der Waals surface area (Å²) in [4.78, 5) is 11.8. The minimum Gasteiger partial charge on any atom is -0.352 e. The number of amides is 1. The van der Waals surface area contributed by atoms with Gasteiger partial charge in [0.05, 0.1) is 0 Å². The molecule has 1 atom stereocenters. The molecule has 0 unspecified atom stereocenters. The van der Waals surface area contributed by atoms with Crippen molar-refractivity contribution in [1.82, 2.24) is 5.32 Å². The Balaban J connectivity index is 2.46. The van der Waals surface area contributed by atoms with Gasteiger partial charge in [0.25, 0.3) is 0 Å². The maximum atomic E-state index is 11.8. The third kappa shape index (κ3) is 2.44. The molecule has 0 bridgehead atoms. The van der Waals surface area contributed by atoms with E-state index in [2.05, 4.69) is 12.2 Å². The third-order valence-electron chi connectivity index (χ3n) is 2.99. The molecule has 0 aromatic heterocycles. The molecule has 3 heteroatoms. The van der Waals surface area contributed by atoms with Gasteiger partial charge in [0, 0.05) is 18.0 Å². The van der Waals surface area contributed by atoms with Gasteiger partial charge in [0.1, 0.15) is 0 Å². The second-order valence-corrected chi connectivity index (χ2v) is 4.38. The Labute approximate surface area is 80.1 Å². The lowest BCUT2D eigenvalue weighted by molar-refractivity contribution is -0.130. The molecular weight excluding hydrogens is 164 g/mol. The fraction of sp³-hybridized carbons (Fsp3) is 0.900. The van der Waals surface area contributed by atoms with Crippen LogP contribution in [0.2, 0.25) is 0 Å². The number of carbonyl (C=O) groups excluding carboxylic acids is 1. The van der Waals surface area contributed by atoms with Gasteiger partial charge in [-0.2, -0.15) is 0 Å². The molecule has 1 rings (SSSR count). The number of carbonyl (C=O) groups is 1. The van der Waals surface area contributed by atoms with Crippen LogP contribution in [0, 0.1) is 5.41 Å². The maximum Gasteiger partial charge on any atom is 0.226 e. The Kier molecular flexibility index (Phi) is 3.31. The molecule has 13 heavy (non-hydrogen) atoms. The van der Waals surface area contributed by atoms with Crippen molar-refractivity contribution in [2.24, 2.45) is 11.1 Å². The van der Waals surface area contributed by atoms with Crippen LogP contribution in [-0.2, 0) is 4.79 Å². The van der Waals surface area contributed by atoms with E-state index >= 15 is 0 Å². The Morgan fingerprint density at radius 1 is 1.54 bits per heavy atom. The Bertz CT molecular complexity index is 185. The molecular formula is C10H20N2O. The molecule has 0 aromatic rings. The van der Waals surface area contributed by atoms with Crippen LogP contribution in [0.4, 0.5) is 0 Å². The van der Waals surface area contributed by atoms with Crippen molar-refractivity contribution in [1.29, 1.82) is 0 Å². The van der Waals surface area contributed by atoms with Gasteiger partial charge in [-0.1, -0.05) is 19.8 Å². The first-order valence-electron chi connectivity index (χ1n) is 5.09. The van der Waals surface area contributed by atoms with E-state index in [0.29, 0.717) is 6.54 Å². The summed E-state index contributed by atoms with van der Waals surface area (Å²) in [6.45, 7) is 4.51. The topological polar surface area (TPSA) is 55.1 Å². The summed E-state index contributed by atoms with van der Waals surface area (Å²) in [5, 5.41) is 2.95. The highest BCUT2D eigenvalue weighted by Crippen LogP contribution is 2.37. The van der Waals surface area contributed by atoms with Crippen molar-refractivity contribution in [3.05, 3.63) is 0 Å². The molecule has 3 N–H and O–H groups in total. The molecule has 0 spiro atoms. The zero-order valence-corrected chi connectivity index (χ0v) is 8.60. The molecule has 0 radical (unpaired) electrons. The summed E-state index contributed by atoms with van der Waals surface area (Å²) in [5.41, 5.74) is 5.33. The number of hydrogen-bond donors (Lipinski definition) is 2. The van der Waals surface area contributed by atoms with Gasteiger partial charge < -0.3 is 11.1 Å². The largest absolute Gasteiger partial charge is 0.352 e. The van der Waals surface area contributed by atoms with Crippen molar-refractivity contribution in [2.45, 2.75) is 45.6 Å². The van der Waals surface area contributed by atoms with Crippen LogP contribution < -0.4 is 11.1 Å². The molecule has 1 aliphatic carbocycles. The fourth-order valence-electron chi connectivity index (χ4n) is 1.84. The van der Waals surface area contributed by atoms with Crippen molar-refractivity contribution in [3.63, 3.8) is 0 Å². The van der Waals surface area contributed by atoms with Crippen LogP contribution in [0.1, 0.15) is 39.5 Å². The van der Waals surface area contributed by atoms with Crippen LogP contribution in [0.3, 0.4) is 0 Å². The molecule has 1 fully saturated rings. The van der Waals surface area contributed by atoms with Gasteiger partial charge in [-0.25, -0.2) is 0 Å². The Morgan fingerprint density at radius 3 is 2.54 bits per heavy atom. The second kappa shape index (κ2) is 4.09. The van der Waals surface area contributed by atoms with E-state index in [9.17, 15) is 4.79 Å². The van der Waals surface area contributed by atoms with Gasteiger partial charge in [-0.15, -0.1) is 0 Å². The molecule has 0 aliphatic heterocycles. The normalized spacial score (nSPS) is 22.7. The molecule has 1 amide bonds. The molecule has 0 saturated heterocycles. The third-order valence-corrected chi connectivity index (χ3v) is 2.99. The number of rotatable bonds is 3. The summed E-state index contributed by atoms with van der Waals surface area (Å²) in [6, 6.07) is 0.102. The highest BCUT2D eigenvalue weighted by Gasteiger charge is 2.36. The molecule has 76 valence electrons. The Hall–Kier alpha value is -0.570. The summed E-state index contributed by atoms with van der Waals surface area (Å²) < 4.78 is 0. The fourth-order valence-corrected chi connectivity index (χ4v) is 1.84. The Morgan fingerprint density at radius 2 is 2.08 bits per heavy atom. The van der Waals surface area contributed by atoms with Gasteiger partial charge in [-0.05, 0) is 19.8 Å². The van der Waals surface area contributed by atoms with Crippen LogP contribution in [0.25, 0.3) is 0 Å². The smallest absolute Gasteiger partial charge is 0.226 e. The predicted molar refractivity (Wildman–Crippen MR) is 53.2 cm³/mol. The van der Waals surface area contributed by atoms with Gasteiger partial charge in [0.2, 0.25) is 5.91 Å². The van der Waals surface area contributed by atoms with Crippen LogP contribution in [0.5, 0.6) is 0 Å². The number of nitrogens with one attached hydrogen (secondary N) is 1. The monoisotopic (exact) mass is 184 g/mol. The van der Waals surface area contributed by atoms with Crippen LogP contribution in [0.15, 0.2) is 0 Å². The number of nitrogens with two attached hydrogens (primary N) is 1. The molecule has 3 nitrogen and oxygen atoms in total. The first-order valence-corrected chi connectivity index (χ1v) is 5.09. The molecule has 1 saturated carbocycles. The lowest BCUT2D eigenvalue weighted by atomic mass is 9.87. The standard InChI is InChI=1S/C10H20N2O/c1-8(7-11)12-9(13)10(2)5-3-4-6-10/h8H,3-7,11H2,1-2H3,(H,12,13)/t8-/m0/s1. The summed E-state index contributed by atoms with van der Waals surface area (Å²) in [5.74, 6) is 0.183. The predicted octanol–water partition coefficient (Wildman–Crippen LogP) is 1.03. The lowest BCUT2D eigenvalue weighted by Gasteiger charge is -2.24.